The van der Waals surface area contributed by atoms with Crippen LogP contribution in [0.2, 0.25) is 0 Å². The summed E-state index contributed by atoms with van der Waals surface area (Å²) in [6, 6.07) is 5.78. The topological polar surface area (TPSA) is 110 Å². The normalized spacial score (nSPS) is 10.5. The number of phenolic OH excluding ortho intramolecular Hbond substituents is 1. The highest BCUT2D eigenvalue weighted by molar-refractivity contribution is 6.05. The summed E-state index contributed by atoms with van der Waals surface area (Å²) in [7, 11) is 0. The Hall–Kier alpha value is -2.43. The van der Waals surface area contributed by atoms with Gasteiger partial charge in [0.1, 0.15) is 5.75 Å². The van der Waals surface area contributed by atoms with Crippen LogP contribution in [0.1, 0.15) is 10.4 Å². The van der Waals surface area contributed by atoms with Gasteiger partial charge in [-0.15, -0.1) is 0 Å². The summed E-state index contributed by atoms with van der Waals surface area (Å²) in [5.41, 5.74) is 11.9. The summed E-state index contributed by atoms with van der Waals surface area (Å²) >= 11 is 0. The SMILES string of the molecule is Nc1ccc2cc(C(=O)O)cc(O)c2c1N. The molecule has 2 aromatic carbocycles. The lowest BCUT2D eigenvalue weighted by Crippen LogP contribution is -1.99. The van der Waals surface area contributed by atoms with Gasteiger partial charge in [-0.3, -0.25) is 0 Å². The zero-order valence-corrected chi connectivity index (χ0v) is 8.27. The van der Waals surface area contributed by atoms with Gasteiger partial charge in [-0.2, -0.15) is 0 Å². The van der Waals surface area contributed by atoms with Crippen LogP contribution in [-0.4, -0.2) is 16.2 Å². The maximum absolute atomic E-state index is 10.8. The van der Waals surface area contributed by atoms with Crippen molar-refractivity contribution in [3.05, 3.63) is 29.8 Å². The largest absolute Gasteiger partial charge is 0.507 e. The molecular weight excluding hydrogens is 208 g/mol. The van der Waals surface area contributed by atoms with E-state index in [4.69, 9.17) is 16.6 Å². The van der Waals surface area contributed by atoms with Crippen molar-refractivity contribution in [1.29, 1.82) is 0 Å². The first-order valence-electron chi connectivity index (χ1n) is 4.54. The van der Waals surface area contributed by atoms with Crippen LogP contribution in [0.4, 0.5) is 11.4 Å². The van der Waals surface area contributed by atoms with E-state index in [0.717, 1.165) is 6.07 Å². The lowest BCUT2D eigenvalue weighted by Gasteiger charge is -2.08. The molecule has 0 fully saturated rings. The van der Waals surface area contributed by atoms with Gasteiger partial charge in [0.2, 0.25) is 0 Å². The number of rotatable bonds is 1. The molecule has 0 saturated carbocycles. The monoisotopic (exact) mass is 218 g/mol. The minimum atomic E-state index is -1.10. The van der Waals surface area contributed by atoms with Crippen molar-refractivity contribution in [2.75, 3.05) is 11.5 Å². The molecule has 16 heavy (non-hydrogen) atoms. The number of benzene rings is 2. The smallest absolute Gasteiger partial charge is 0.335 e. The third-order valence-corrected chi connectivity index (χ3v) is 2.42. The summed E-state index contributed by atoms with van der Waals surface area (Å²) < 4.78 is 0. The number of carboxylic acid groups (broad SMARTS) is 1. The molecule has 0 amide bonds. The van der Waals surface area contributed by atoms with Crippen LogP contribution in [-0.2, 0) is 0 Å². The standard InChI is InChI=1S/C11H10N2O3/c12-7-2-1-5-3-6(11(15)16)4-8(14)9(5)10(7)13/h1-4,14H,12-13H2,(H,15,16). The van der Waals surface area contributed by atoms with E-state index >= 15 is 0 Å². The zero-order chi connectivity index (χ0) is 11.9. The molecule has 6 N–H and O–H groups in total. The number of phenols is 1. The van der Waals surface area contributed by atoms with Crippen LogP contribution in [0.5, 0.6) is 5.75 Å². The van der Waals surface area contributed by atoms with Crippen LogP contribution in [0.15, 0.2) is 24.3 Å². The summed E-state index contributed by atoms with van der Waals surface area (Å²) in [4.78, 5) is 10.8. The van der Waals surface area contributed by atoms with Gasteiger partial charge in [0.05, 0.1) is 16.9 Å². The fourth-order valence-electron chi connectivity index (χ4n) is 1.61. The molecule has 0 aliphatic rings. The average Bonchev–Trinajstić information content (AvgIpc) is 2.22. The summed E-state index contributed by atoms with van der Waals surface area (Å²) in [6.07, 6.45) is 0. The Balaban J connectivity index is 2.86. The predicted molar refractivity (Wildman–Crippen MR) is 61.4 cm³/mol. The summed E-state index contributed by atoms with van der Waals surface area (Å²) in [5.74, 6) is -1.28. The second-order valence-electron chi connectivity index (χ2n) is 3.47. The molecule has 0 spiro atoms. The van der Waals surface area contributed by atoms with Crippen LogP contribution in [0.25, 0.3) is 10.8 Å². The fraction of sp³-hybridized carbons (Fsp3) is 0. The zero-order valence-electron chi connectivity index (χ0n) is 8.27. The molecule has 0 aliphatic carbocycles. The molecule has 0 unspecified atom stereocenters. The van der Waals surface area contributed by atoms with Gasteiger partial charge in [-0.25, -0.2) is 4.79 Å². The number of hydrogen-bond acceptors (Lipinski definition) is 4. The molecule has 0 heterocycles. The maximum atomic E-state index is 10.8. The highest BCUT2D eigenvalue weighted by atomic mass is 16.4. The number of anilines is 2. The van der Waals surface area contributed by atoms with E-state index in [2.05, 4.69) is 0 Å². The number of hydrogen-bond donors (Lipinski definition) is 4. The average molecular weight is 218 g/mol. The predicted octanol–water partition coefficient (Wildman–Crippen LogP) is 1.41. The van der Waals surface area contributed by atoms with E-state index in [1.54, 1.807) is 12.1 Å². The lowest BCUT2D eigenvalue weighted by molar-refractivity contribution is 0.0696. The number of carbonyl (C=O) groups is 1. The fourth-order valence-corrected chi connectivity index (χ4v) is 1.61. The van der Waals surface area contributed by atoms with Crippen molar-refractivity contribution in [2.24, 2.45) is 0 Å². The maximum Gasteiger partial charge on any atom is 0.335 e. The minimum absolute atomic E-state index is 0.00849. The van der Waals surface area contributed by atoms with E-state index < -0.39 is 5.97 Å². The van der Waals surface area contributed by atoms with Crippen molar-refractivity contribution in [3.63, 3.8) is 0 Å². The van der Waals surface area contributed by atoms with E-state index in [1.165, 1.54) is 6.07 Å². The molecule has 2 rings (SSSR count). The molecule has 0 radical (unpaired) electrons. The molecule has 82 valence electrons. The first-order chi connectivity index (χ1) is 7.50. The van der Waals surface area contributed by atoms with Crippen molar-refractivity contribution >= 4 is 28.1 Å². The molecule has 0 saturated heterocycles. The Morgan fingerprint density at radius 3 is 2.50 bits per heavy atom. The molecule has 5 heteroatoms. The van der Waals surface area contributed by atoms with Gasteiger partial charge in [0, 0.05) is 5.39 Å². The van der Waals surface area contributed by atoms with E-state index in [9.17, 15) is 9.90 Å². The highest BCUT2D eigenvalue weighted by Crippen LogP contribution is 2.34. The number of aromatic carboxylic acids is 1. The van der Waals surface area contributed by atoms with Gasteiger partial charge < -0.3 is 21.7 Å². The van der Waals surface area contributed by atoms with Crippen LogP contribution in [0, 0.1) is 0 Å². The Bertz CT molecular complexity index is 593. The molecule has 0 atom stereocenters. The van der Waals surface area contributed by atoms with Gasteiger partial charge in [-0.1, -0.05) is 6.07 Å². The van der Waals surface area contributed by atoms with E-state index in [0.29, 0.717) is 16.5 Å². The van der Waals surface area contributed by atoms with Gasteiger partial charge >= 0.3 is 5.97 Å². The third kappa shape index (κ3) is 1.38. The van der Waals surface area contributed by atoms with E-state index in [-0.39, 0.29) is 17.0 Å². The number of carboxylic acids is 1. The summed E-state index contributed by atoms with van der Waals surface area (Å²) in [6.45, 7) is 0. The van der Waals surface area contributed by atoms with Crippen molar-refractivity contribution in [2.45, 2.75) is 0 Å². The second-order valence-corrected chi connectivity index (χ2v) is 3.47. The summed E-state index contributed by atoms with van der Waals surface area (Å²) in [5, 5.41) is 19.5. The van der Waals surface area contributed by atoms with Crippen LogP contribution >= 0.6 is 0 Å². The number of nitrogen functional groups attached to an aromatic ring is 2. The van der Waals surface area contributed by atoms with Crippen molar-refractivity contribution in [3.8, 4) is 5.75 Å². The third-order valence-electron chi connectivity index (χ3n) is 2.42. The highest BCUT2D eigenvalue weighted by Gasteiger charge is 2.11. The Kier molecular flexibility index (Phi) is 2.09. The molecule has 0 aliphatic heterocycles. The quantitative estimate of drug-likeness (QED) is 0.541. The van der Waals surface area contributed by atoms with Crippen molar-refractivity contribution < 1.29 is 15.0 Å². The van der Waals surface area contributed by atoms with Crippen molar-refractivity contribution in [1.82, 2.24) is 0 Å². The van der Waals surface area contributed by atoms with E-state index in [1.807, 2.05) is 0 Å². The molecule has 5 nitrogen and oxygen atoms in total. The van der Waals surface area contributed by atoms with Gasteiger partial charge in [-0.05, 0) is 23.6 Å². The molecule has 2 aromatic rings. The van der Waals surface area contributed by atoms with Crippen LogP contribution < -0.4 is 11.5 Å². The number of nitrogens with two attached hydrogens (primary N) is 2. The lowest BCUT2D eigenvalue weighted by atomic mass is 10.0. The Morgan fingerprint density at radius 2 is 1.88 bits per heavy atom. The number of fused-ring (bicyclic) bond motifs is 1. The first kappa shape index (κ1) is 10.1. The first-order valence-corrected chi connectivity index (χ1v) is 4.54. The van der Waals surface area contributed by atoms with Gasteiger partial charge in [0.15, 0.2) is 0 Å². The molecule has 0 aromatic heterocycles. The van der Waals surface area contributed by atoms with Crippen LogP contribution in [0.3, 0.4) is 0 Å². The molecule has 0 bridgehead atoms. The Labute approximate surface area is 90.9 Å². The molecular formula is C11H10N2O3. The number of aromatic hydroxyl groups is 1. The minimum Gasteiger partial charge on any atom is -0.507 e. The second kappa shape index (κ2) is 3.30. The Morgan fingerprint density at radius 1 is 1.19 bits per heavy atom. The van der Waals surface area contributed by atoms with Gasteiger partial charge in [0.25, 0.3) is 0 Å².